The maximum Gasteiger partial charge on any atom is 0.269 e. The van der Waals surface area contributed by atoms with Gasteiger partial charge in [-0.2, -0.15) is 0 Å². The highest BCUT2D eigenvalue weighted by Crippen LogP contribution is 2.26. The summed E-state index contributed by atoms with van der Waals surface area (Å²) in [5, 5.41) is 2.70. The van der Waals surface area contributed by atoms with E-state index in [1.54, 1.807) is 42.5 Å². The van der Waals surface area contributed by atoms with Crippen LogP contribution in [0.5, 0.6) is 11.5 Å². The fourth-order valence-electron chi connectivity index (χ4n) is 2.48. The van der Waals surface area contributed by atoms with Gasteiger partial charge in [0, 0.05) is 24.1 Å². The molecule has 0 saturated heterocycles. The van der Waals surface area contributed by atoms with Crippen molar-refractivity contribution in [2.24, 2.45) is 0 Å². The number of halogens is 1. The van der Waals surface area contributed by atoms with Gasteiger partial charge in [0.05, 0.1) is 17.7 Å². The van der Waals surface area contributed by atoms with Crippen molar-refractivity contribution < 1.29 is 23.9 Å². The number of benzene rings is 2. The zero-order valence-corrected chi connectivity index (χ0v) is 19.1. The minimum atomic E-state index is -0.477. The van der Waals surface area contributed by atoms with Gasteiger partial charge < -0.3 is 14.8 Å². The van der Waals surface area contributed by atoms with Crippen LogP contribution >= 0.6 is 15.9 Å². The first-order valence-corrected chi connectivity index (χ1v) is 10.8. The maximum atomic E-state index is 12.2. The van der Waals surface area contributed by atoms with Crippen LogP contribution in [0.3, 0.4) is 0 Å². The van der Waals surface area contributed by atoms with Gasteiger partial charge in [-0.1, -0.05) is 6.92 Å². The molecule has 3 N–H and O–H groups in total. The van der Waals surface area contributed by atoms with Crippen LogP contribution in [-0.4, -0.2) is 30.9 Å². The lowest BCUT2D eigenvalue weighted by Gasteiger charge is -2.10. The molecule has 0 fully saturated rings. The van der Waals surface area contributed by atoms with E-state index in [1.807, 2.05) is 13.8 Å². The highest BCUT2D eigenvalue weighted by Gasteiger charge is 2.12. The highest BCUT2D eigenvalue weighted by atomic mass is 79.9. The summed E-state index contributed by atoms with van der Waals surface area (Å²) in [6.45, 7) is 5.03. The molecule has 0 radical (unpaired) electrons. The van der Waals surface area contributed by atoms with Gasteiger partial charge >= 0.3 is 0 Å². The number of rotatable bonds is 10. The van der Waals surface area contributed by atoms with Crippen LogP contribution in [0, 0.1) is 0 Å². The lowest BCUT2D eigenvalue weighted by Crippen LogP contribution is -2.41. The fraction of sp³-hybridized carbons (Fsp3) is 0.318. The van der Waals surface area contributed by atoms with Crippen molar-refractivity contribution in [1.29, 1.82) is 0 Å². The predicted molar refractivity (Wildman–Crippen MR) is 121 cm³/mol. The molecule has 2 aromatic rings. The van der Waals surface area contributed by atoms with E-state index >= 15 is 0 Å². The standard InChI is InChI=1S/C22H26BrN3O5/c1-3-13-31-19-10-5-15(14-18(19)23)22(29)26-25-21(28)12-11-20(27)24-16-6-8-17(9-7-16)30-4-2/h5-10,14H,3-4,11-13H2,1-2H3,(H,24,27)(H,25,28)(H,26,29). The summed E-state index contributed by atoms with van der Waals surface area (Å²) < 4.78 is 11.5. The average molecular weight is 492 g/mol. The van der Waals surface area contributed by atoms with E-state index in [0.717, 1.165) is 6.42 Å². The summed E-state index contributed by atoms with van der Waals surface area (Å²) in [7, 11) is 0. The van der Waals surface area contributed by atoms with Crippen LogP contribution < -0.4 is 25.6 Å². The third-order valence-corrected chi connectivity index (χ3v) is 4.62. The summed E-state index contributed by atoms with van der Waals surface area (Å²) >= 11 is 3.36. The van der Waals surface area contributed by atoms with Gasteiger partial charge in [-0.25, -0.2) is 0 Å². The van der Waals surface area contributed by atoms with E-state index in [4.69, 9.17) is 9.47 Å². The van der Waals surface area contributed by atoms with Gasteiger partial charge in [0.15, 0.2) is 0 Å². The van der Waals surface area contributed by atoms with Crippen LogP contribution in [0.1, 0.15) is 43.5 Å². The summed E-state index contributed by atoms with van der Waals surface area (Å²) in [4.78, 5) is 36.1. The number of hydrazine groups is 1. The van der Waals surface area contributed by atoms with E-state index in [9.17, 15) is 14.4 Å². The predicted octanol–water partition coefficient (Wildman–Crippen LogP) is 3.82. The third kappa shape index (κ3) is 8.29. The largest absolute Gasteiger partial charge is 0.494 e. The minimum Gasteiger partial charge on any atom is -0.494 e. The molecule has 8 nitrogen and oxygen atoms in total. The molecule has 0 saturated carbocycles. The third-order valence-electron chi connectivity index (χ3n) is 4.00. The molecule has 2 aromatic carbocycles. The van der Waals surface area contributed by atoms with Gasteiger partial charge in [-0.3, -0.25) is 25.2 Å². The molecule has 0 aliphatic carbocycles. The second-order valence-corrected chi connectivity index (χ2v) is 7.36. The van der Waals surface area contributed by atoms with Gasteiger partial charge in [0.2, 0.25) is 11.8 Å². The number of carbonyl (C=O) groups is 3. The molecular weight excluding hydrogens is 466 g/mol. The number of ether oxygens (including phenoxy) is 2. The molecule has 9 heteroatoms. The second kappa shape index (κ2) is 12.6. The Labute approximate surface area is 189 Å². The SMILES string of the molecule is CCCOc1ccc(C(=O)NNC(=O)CCC(=O)Nc2ccc(OCC)cc2)cc1Br. The minimum absolute atomic E-state index is 0.0239. The van der Waals surface area contributed by atoms with Crippen molar-refractivity contribution in [3.8, 4) is 11.5 Å². The van der Waals surface area contributed by atoms with Gasteiger partial charge in [0.25, 0.3) is 5.91 Å². The van der Waals surface area contributed by atoms with E-state index in [1.165, 1.54) is 0 Å². The molecule has 166 valence electrons. The number of carbonyl (C=O) groups excluding carboxylic acids is 3. The Morgan fingerprint density at radius 3 is 2.26 bits per heavy atom. The molecule has 0 aliphatic heterocycles. The number of anilines is 1. The Balaban J connectivity index is 1.74. The molecule has 0 spiro atoms. The van der Waals surface area contributed by atoms with Crippen molar-refractivity contribution in [2.45, 2.75) is 33.1 Å². The lowest BCUT2D eigenvalue weighted by atomic mass is 10.2. The summed E-state index contributed by atoms with van der Waals surface area (Å²) in [5.41, 5.74) is 5.60. The fourth-order valence-corrected chi connectivity index (χ4v) is 2.98. The molecule has 0 atom stereocenters. The van der Waals surface area contributed by atoms with Crippen molar-refractivity contribution in [3.63, 3.8) is 0 Å². The first-order valence-electron chi connectivity index (χ1n) is 9.97. The molecule has 0 heterocycles. The number of nitrogens with one attached hydrogen (secondary N) is 3. The lowest BCUT2D eigenvalue weighted by molar-refractivity contribution is -0.124. The van der Waals surface area contributed by atoms with E-state index in [-0.39, 0.29) is 18.7 Å². The van der Waals surface area contributed by atoms with Crippen LogP contribution in [0.4, 0.5) is 5.69 Å². The Morgan fingerprint density at radius 1 is 0.903 bits per heavy atom. The van der Waals surface area contributed by atoms with Gasteiger partial charge in [0.1, 0.15) is 11.5 Å². The smallest absolute Gasteiger partial charge is 0.269 e. The molecule has 0 aliphatic rings. The molecule has 3 amide bonds. The summed E-state index contributed by atoms with van der Waals surface area (Å²) in [6, 6.07) is 11.8. The quantitative estimate of drug-likeness (QED) is 0.438. The molecule has 0 unspecified atom stereocenters. The molecule has 31 heavy (non-hydrogen) atoms. The first kappa shape index (κ1) is 24.2. The monoisotopic (exact) mass is 491 g/mol. The molecule has 0 aromatic heterocycles. The van der Waals surface area contributed by atoms with Crippen LogP contribution in [0.25, 0.3) is 0 Å². The van der Waals surface area contributed by atoms with Crippen LogP contribution in [0.2, 0.25) is 0 Å². The van der Waals surface area contributed by atoms with Crippen molar-refractivity contribution in [1.82, 2.24) is 10.9 Å². The number of hydrogen-bond acceptors (Lipinski definition) is 5. The van der Waals surface area contributed by atoms with Crippen molar-refractivity contribution in [2.75, 3.05) is 18.5 Å². The Hall–Kier alpha value is -3.07. The zero-order chi connectivity index (χ0) is 22.6. The van der Waals surface area contributed by atoms with E-state index < -0.39 is 11.8 Å². The number of hydrogen-bond donors (Lipinski definition) is 3. The Morgan fingerprint density at radius 2 is 1.61 bits per heavy atom. The molecule has 0 bridgehead atoms. The molecule has 2 rings (SSSR count). The van der Waals surface area contributed by atoms with Crippen LogP contribution in [-0.2, 0) is 9.59 Å². The first-order chi connectivity index (χ1) is 14.9. The van der Waals surface area contributed by atoms with Crippen molar-refractivity contribution in [3.05, 3.63) is 52.5 Å². The maximum absolute atomic E-state index is 12.2. The van der Waals surface area contributed by atoms with E-state index in [0.29, 0.717) is 40.4 Å². The van der Waals surface area contributed by atoms with Gasteiger partial charge in [-0.05, 0) is 71.7 Å². The number of amides is 3. The summed E-state index contributed by atoms with van der Waals surface area (Å²) in [5.74, 6) is 0.0936. The summed E-state index contributed by atoms with van der Waals surface area (Å²) in [6.07, 6.45) is 0.777. The Bertz CT molecular complexity index is 903. The topological polar surface area (TPSA) is 106 Å². The second-order valence-electron chi connectivity index (χ2n) is 6.50. The van der Waals surface area contributed by atoms with Crippen LogP contribution in [0.15, 0.2) is 46.9 Å². The van der Waals surface area contributed by atoms with E-state index in [2.05, 4.69) is 32.1 Å². The van der Waals surface area contributed by atoms with Crippen molar-refractivity contribution >= 4 is 39.3 Å². The molecular formula is C22H26BrN3O5. The Kier molecular flexibility index (Phi) is 9.83. The zero-order valence-electron chi connectivity index (χ0n) is 17.5. The highest BCUT2D eigenvalue weighted by molar-refractivity contribution is 9.10. The van der Waals surface area contributed by atoms with Gasteiger partial charge in [-0.15, -0.1) is 0 Å². The average Bonchev–Trinajstić information content (AvgIpc) is 2.76. The normalized spacial score (nSPS) is 10.2.